The van der Waals surface area contributed by atoms with Gasteiger partial charge in [0.05, 0.1) is 5.60 Å². The van der Waals surface area contributed by atoms with Crippen molar-refractivity contribution in [3.8, 4) is 0 Å². The van der Waals surface area contributed by atoms with Gasteiger partial charge in [-0.05, 0) is 67.6 Å². The second-order valence-electron chi connectivity index (χ2n) is 8.68. The van der Waals surface area contributed by atoms with Gasteiger partial charge < -0.3 is 5.11 Å². The van der Waals surface area contributed by atoms with Crippen LogP contribution in [0.15, 0.2) is 0 Å². The van der Waals surface area contributed by atoms with Crippen molar-refractivity contribution in [2.45, 2.75) is 91.6 Å². The normalized spacial score (nSPS) is 43.5. The van der Waals surface area contributed by atoms with Crippen LogP contribution in [0, 0.1) is 29.1 Å². The third-order valence-electron chi connectivity index (χ3n) is 7.23. The molecule has 2 fully saturated rings. The fourth-order valence-electron chi connectivity index (χ4n) is 4.63. The van der Waals surface area contributed by atoms with Gasteiger partial charge in [-0.3, -0.25) is 0 Å². The lowest BCUT2D eigenvalue weighted by Crippen LogP contribution is -2.46. The summed E-state index contributed by atoms with van der Waals surface area (Å²) in [6, 6.07) is 0. The maximum Gasteiger partial charge on any atom is 0.0676 e. The molecule has 0 aromatic heterocycles. The van der Waals surface area contributed by atoms with Gasteiger partial charge in [0.25, 0.3) is 0 Å². The van der Waals surface area contributed by atoms with Gasteiger partial charge in [-0.25, -0.2) is 0 Å². The highest BCUT2D eigenvalue weighted by molar-refractivity contribution is 4.96. The molecule has 0 spiro atoms. The Morgan fingerprint density at radius 3 is 2.10 bits per heavy atom. The highest BCUT2D eigenvalue weighted by Gasteiger charge is 2.44. The topological polar surface area (TPSA) is 20.2 Å². The molecule has 2 aliphatic rings. The van der Waals surface area contributed by atoms with Crippen LogP contribution in [0.25, 0.3) is 0 Å². The molecule has 0 heterocycles. The fourth-order valence-corrected chi connectivity index (χ4v) is 4.63. The van der Waals surface area contributed by atoms with Crippen LogP contribution in [-0.4, -0.2) is 10.7 Å². The monoisotopic (exact) mass is 280 g/mol. The molecule has 0 aliphatic heterocycles. The van der Waals surface area contributed by atoms with Crippen molar-refractivity contribution in [3.05, 3.63) is 0 Å². The first-order valence-electron chi connectivity index (χ1n) is 9.01. The molecule has 0 amide bonds. The molecule has 0 aromatic rings. The summed E-state index contributed by atoms with van der Waals surface area (Å²) in [6.07, 6.45) is 9.64. The molecular weight excluding hydrogens is 244 g/mol. The van der Waals surface area contributed by atoms with Crippen molar-refractivity contribution in [1.29, 1.82) is 0 Å². The predicted molar refractivity (Wildman–Crippen MR) is 86.6 cm³/mol. The van der Waals surface area contributed by atoms with Gasteiger partial charge in [0.1, 0.15) is 0 Å². The SMILES string of the molecule is CCC(C)(C)C1CCC(O)(C2CCC(C)C(C)C2)CC1. The lowest BCUT2D eigenvalue weighted by Gasteiger charge is -2.48. The molecule has 0 aromatic carbocycles. The predicted octanol–water partition coefficient (Wildman–Crippen LogP) is 5.42. The second-order valence-corrected chi connectivity index (χ2v) is 8.68. The van der Waals surface area contributed by atoms with E-state index in [1.165, 1.54) is 38.5 Å². The number of aliphatic hydroxyl groups is 1. The van der Waals surface area contributed by atoms with Crippen molar-refractivity contribution in [1.82, 2.24) is 0 Å². The van der Waals surface area contributed by atoms with E-state index in [4.69, 9.17) is 0 Å². The van der Waals surface area contributed by atoms with E-state index in [2.05, 4.69) is 34.6 Å². The third kappa shape index (κ3) is 3.24. The minimum atomic E-state index is -0.339. The van der Waals surface area contributed by atoms with Crippen LogP contribution in [-0.2, 0) is 0 Å². The molecule has 0 bridgehead atoms. The average molecular weight is 280 g/mol. The lowest BCUT2D eigenvalue weighted by atomic mass is 9.60. The summed E-state index contributed by atoms with van der Waals surface area (Å²) in [6.45, 7) is 11.9. The molecular formula is C19H36O. The van der Waals surface area contributed by atoms with Crippen molar-refractivity contribution >= 4 is 0 Å². The summed E-state index contributed by atoms with van der Waals surface area (Å²) in [4.78, 5) is 0. The van der Waals surface area contributed by atoms with Crippen LogP contribution in [0.3, 0.4) is 0 Å². The minimum Gasteiger partial charge on any atom is -0.390 e. The third-order valence-corrected chi connectivity index (χ3v) is 7.23. The van der Waals surface area contributed by atoms with Crippen LogP contribution in [0.1, 0.15) is 86.0 Å². The highest BCUT2D eigenvalue weighted by atomic mass is 16.3. The first-order valence-corrected chi connectivity index (χ1v) is 9.01. The maximum atomic E-state index is 11.2. The van der Waals surface area contributed by atoms with E-state index in [0.29, 0.717) is 11.3 Å². The molecule has 2 rings (SSSR count). The Labute approximate surface area is 126 Å². The maximum absolute atomic E-state index is 11.2. The van der Waals surface area contributed by atoms with Gasteiger partial charge in [0.2, 0.25) is 0 Å². The van der Waals surface area contributed by atoms with E-state index in [-0.39, 0.29) is 5.60 Å². The Kier molecular flexibility index (Phi) is 4.89. The van der Waals surface area contributed by atoms with E-state index in [0.717, 1.165) is 30.6 Å². The Hall–Kier alpha value is -0.0400. The van der Waals surface area contributed by atoms with Crippen LogP contribution in [0.4, 0.5) is 0 Å². The Morgan fingerprint density at radius 1 is 1.00 bits per heavy atom. The summed E-state index contributed by atoms with van der Waals surface area (Å²) in [5.41, 5.74) is 0.115. The quantitative estimate of drug-likeness (QED) is 0.732. The van der Waals surface area contributed by atoms with Crippen LogP contribution < -0.4 is 0 Å². The van der Waals surface area contributed by atoms with Crippen LogP contribution >= 0.6 is 0 Å². The first-order chi connectivity index (χ1) is 9.28. The summed E-state index contributed by atoms with van der Waals surface area (Å²) >= 11 is 0. The summed E-state index contributed by atoms with van der Waals surface area (Å²) < 4.78 is 0. The van der Waals surface area contributed by atoms with Gasteiger partial charge in [0, 0.05) is 0 Å². The fraction of sp³-hybridized carbons (Fsp3) is 1.00. The number of rotatable bonds is 3. The average Bonchev–Trinajstić information content (AvgIpc) is 2.42. The standard InChI is InChI=1S/C19H36O/c1-6-18(4,5)16-9-11-19(20,12-10-16)17-8-7-14(2)15(3)13-17/h14-17,20H,6-13H2,1-5H3. The first kappa shape index (κ1) is 16.3. The van der Waals surface area contributed by atoms with Gasteiger partial charge in [0.15, 0.2) is 0 Å². The molecule has 20 heavy (non-hydrogen) atoms. The van der Waals surface area contributed by atoms with E-state index in [1.54, 1.807) is 0 Å². The van der Waals surface area contributed by atoms with Gasteiger partial charge in [-0.2, -0.15) is 0 Å². The number of hydrogen-bond acceptors (Lipinski definition) is 1. The molecule has 1 N–H and O–H groups in total. The highest BCUT2D eigenvalue weighted by Crippen LogP contribution is 2.49. The number of hydrogen-bond donors (Lipinski definition) is 1. The van der Waals surface area contributed by atoms with E-state index < -0.39 is 0 Å². The molecule has 1 heteroatoms. The molecule has 3 atom stereocenters. The summed E-state index contributed by atoms with van der Waals surface area (Å²) in [7, 11) is 0. The van der Waals surface area contributed by atoms with E-state index in [9.17, 15) is 5.11 Å². The van der Waals surface area contributed by atoms with Crippen molar-refractivity contribution in [2.75, 3.05) is 0 Å². The molecule has 3 unspecified atom stereocenters. The zero-order valence-corrected chi connectivity index (χ0v) is 14.4. The van der Waals surface area contributed by atoms with Crippen molar-refractivity contribution in [2.24, 2.45) is 29.1 Å². The van der Waals surface area contributed by atoms with E-state index in [1.807, 2.05) is 0 Å². The molecule has 2 saturated carbocycles. The van der Waals surface area contributed by atoms with Crippen LogP contribution in [0.2, 0.25) is 0 Å². The lowest BCUT2D eigenvalue weighted by molar-refractivity contribution is -0.0906. The Bertz CT molecular complexity index is 312. The van der Waals surface area contributed by atoms with Gasteiger partial charge >= 0.3 is 0 Å². The van der Waals surface area contributed by atoms with Crippen LogP contribution in [0.5, 0.6) is 0 Å². The Balaban J connectivity index is 1.94. The zero-order valence-electron chi connectivity index (χ0n) is 14.4. The summed E-state index contributed by atoms with van der Waals surface area (Å²) in [5.74, 6) is 3.03. The van der Waals surface area contributed by atoms with Gasteiger partial charge in [-0.1, -0.05) is 47.5 Å². The van der Waals surface area contributed by atoms with E-state index >= 15 is 0 Å². The molecule has 2 aliphatic carbocycles. The largest absolute Gasteiger partial charge is 0.390 e. The van der Waals surface area contributed by atoms with Gasteiger partial charge in [-0.15, -0.1) is 0 Å². The second kappa shape index (κ2) is 5.99. The zero-order chi connectivity index (χ0) is 15.0. The Morgan fingerprint density at radius 2 is 1.60 bits per heavy atom. The molecule has 118 valence electrons. The van der Waals surface area contributed by atoms with Crippen molar-refractivity contribution in [3.63, 3.8) is 0 Å². The molecule has 0 radical (unpaired) electrons. The van der Waals surface area contributed by atoms with Crippen molar-refractivity contribution < 1.29 is 5.11 Å². The minimum absolute atomic E-state index is 0.339. The molecule has 0 saturated heterocycles. The smallest absolute Gasteiger partial charge is 0.0676 e. The molecule has 1 nitrogen and oxygen atoms in total. The summed E-state index contributed by atoms with van der Waals surface area (Å²) in [5, 5.41) is 11.2.